The number of ether oxygens (including phenoxy) is 2. The molecule has 11 nitrogen and oxygen atoms in total. The Hall–Kier alpha value is -3.54. The van der Waals surface area contributed by atoms with Gasteiger partial charge in [0, 0.05) is 23.8 Å². The topological polar surface area (TPSA) is 145 Å². The van der Waals surface area contributed by atoms with Crippen LogP contribution in [-0.2, 0) is 35.1 Å². The molecule has 1 aromatic heterocycles. The minimum Gasteiger partial charge on any atom is -0.468 e. The second-order valence-corrected chi connectivity index (χ2v) is 9.81. The quantitative estimate of drug-likeness (QED) is 0.297. The molecular formula is C24H32N4O7S. The first-order valence-electron chi connectivity index (χ1n) is 11.2. The number of para-hydroxylation sites is 1. The Morgan fingerprint density at radius 3 is 2.39 bits per heavy atom. The Morgan fingerprint density at radius 2 is 1.78 bits per heavy atom. The Bertz CT molecular complexity index is 1110. The summed E-state index contributed by atoms with van der Waals surface area (Å²) in [4.78, 5) is 61.3. The predicted molar refractivity (Wildman–Crippen MR) is 136 cm³/mol. The number of aromatic nitrogens is 1. The van der Waals surface area contributed by atoms with Crippen molar-refractivity contribution in [1.82, 2.24) is 20.5 Å². The fourth-order valence-corrected chi connectivity index (χ4v) is 3.95. The molecule has 196 valence electrons. The number of hydrogen-bond acceptors (Lipinski definition) is 8. The van der Waals surface area contributed by atoms with Crippen LogP contribution in [0.1, 0.15) is 26.3 Å². The number of thioether (sulfide) groups is 1. The van der Waals surface area contributed by atoms with E-state index in [2.05, 4.69) is 20.7 Å². The summed E-state index contributed by atoms with van der Waals surface area (Å²) < 4.78 is 11.2. The van der Waals surface area contributed by atoms with Crippen molar-refractivity contribution in [3.05, 3.63) is 36.0 Å². The van der Waals surface area contributed by atoms with Crippen LogP contribution in [0, 0.1) is 0 Å². The number of nitrogens with one attached hydrogen (secondary N) is 3. The van der Waals surface area contributed by atoms with E-state index in [4.69, 9.17) is 4.74 Å². The SMILES string of the molecule is COC(=O)CNC(=O)[C@H](CSC)NC(=O)[C@H](Cc1cn(C=O)c2ccccc12)NC(=O)OC(C)(C)C. The van der Waals surface area contributed by atoms with Crippen molar-refractivity contribution in [3.63, 3.8) is 0 Å². The highest BCUT2D eigenvalue weighted by Crippen LogP contribution is 2.22. The largest absolute Gasteiger partial charge is 0.468 e. The van der Waals surface area contributed by atoms with Crippen LogP contribution >= 0.6 is 11.8 Å². The fourth-order valence-electron chi connectivity index (χ4n) is 3.38. The molecule has 1 heterocycles. The van der Waals surface area contributed by atoms with Gasteiger partial charge in [0.2, 0.25) is 18.2 Å². The van der Waals surface area contributed by atoms with Gasteiger partial charge in [-0.1, -0.05) is 18.2 Å². The Kier molecular flexibility index (Phi) is 10.3. The number of alkyl carbamates (subject to hydrolysis) is 1. The van der Waals surface area contributed by atoms with Gasteiger partial charge in [-0.3, -0.25) is 23.7 Å². The number of carbonyl (C=O) groups is 5. The van der Waals surface area contributed by atoms with Crippen molar-refractivity contribution >= 4 is 53.0 Å². The summed E-state index contributed by atoms with van der Waals surface area (Å²) in [6, 6.07) is 5.07. The van der Waals surface area contributed by atoms with E-state index in [1.54, 1.807) is 51.4 Å². The first-order chi connectivity index (χ1) is 17.0. The third kappa shape index (κ3) is 8.29. The fraction of sp³-hybridized carbons (Fsp3) is 0.458. The average molecular weight is 521 g/mol. The zero-order valence-electron chi connectivity index (χ0n) is 21.0. The highest BCUT2D eigenvalue weighted by Gasteiger charge is 2.29. The summed E-state index contributed by atoms with van der Waals surface area (Å²) >= 11 is 1.32. The van der Waals surface area contributed by atoms with Crippen LogP contribution in [0.5, 0.6) is 0 Å². The minimum absolute atomic E-state index is 0.0300. The van der Waals surface area contributed by atoms with Crippen molar-refractivity contribution in [2.75, 3.05) is 25.7 Å². The molecule has 3 amide bonds. The summed E-state index contributed by atoms with van der Waals surface area (Å²) in [6.45, 7) is 4.74. The maximum atomic E-state index is 13.3. The molecular weight excluding hydrogens is 488 g/mol. The van der Waals surface area contributed by atoms with E-state index < -0.39 is 41.6 Å². The van der Waals surface area contributed by atoms with Gasteiger partial charge < -0.3 is 25.4 Å². The molecule has 0 aliphatic carbocycles. The molecule has 1 aromatic carbocycles. The van der Waals surface area contributed by atoms with E-state index >= 15 is 0 Å². The number of rotatable bonds is 11. The van der Waals surface area contributed by atoms with E-state index in [0.29, 0.717) is 17.5 Å². The molecule has 0 unspecified atom stereocenters. The van der Waals surface area contributed by atoms with Crippen molar-refractivity contribution in [3.8, 4) is 0 Å². The standard InChI is InChI=1S/C24H32N4O7S/c1-24(2,3)35-23(33)27-17(10-15-12-28(14-29)19-9-7-6-8-16(15)19)22(32)26-18(13-36-5)21(31)25-11-20(30)34-4/h6-9,12,14,17-18H,10-11,13H2,1-5H3,(H,25,31)(H,26,32)(H,27,33)/t17-,18-/m0/s1. The molecule has 0 saturated heterocycles. The van der Waals surface area contributed by atoms with Crippen molar-refractivity contribution in [2.24, 2.45) is 0 Å². The third-order valence-corrected chi connectivity index (χ3v) is 5.64. The van der Waals surface area contributed by atoms with E-state index in [9.17, 15) is 24.0 Å². The summed E-state index contributed by atoms with van der Waals surface area (Å²) in [7, 11) is 1.20. The van der Waals surface area contributed by atoms with Crippen LogP contribution in [0.4, 0.5) is 4.79 Å². The number of fused-ring (bicyclic) bond motifs is 1. The molecule has 0 aliphatic heterocycles. The molecule has 0 saturated carbocycles. The lowest BCUT2D eigenvalue weighted by atomic mass is 10.0. The predicted octanol–water partition coefficient (Wildman–Crippen LogP) is 1.25. The van der Waals surface area contributed by atoms with E-state index in [1.807, 2.05) is 6.07 Å². The first-order valence-corrected chi connectivity index (χ1v) is 12.6. The van der Waals surface area contributed by atoms with Crippen LogP contribution in [0.2, 0.25) is 0 Å². The van der Waals surface area contributed by atoms with Crippen molar-refractivity contribution in [1.29, 1.82) is 0 Å². The van der Waals surface area contributed by atoms with Crippen LogP contribution in [0.25, 0.3) is 10.9 Å². The molecule has 2 aromatic rings. The zero-order valence-corrected chi connectivity index (χ0v) is 21.8. The molecule has 0 radical (unpaired) electrons. The Morgan fingerprint density at radius 1 is 1.08 bits per heavy atom. The van der Waals surface area contributed by atoms with Crippen molar-refractivity contribution < 1.29 is 33.4 Å². The minimum atomic E-state index is -1.12. The van der Waals surface area contributed by atoms with E-state index in [-0.39, 0.29) is 18.7 Å². The molecule has 36 heavy (non-hydrogen) atoms. The molecule has 0 spiro atoms. The molecule has 12 heteroatoms. The number of carbonyl (C=O) groups excluding carboxylic acids is 5. The first kappa shape index (κ1) is 28.7. The van der Waals surface area contributed by atoms with E-state index in [1.165, 1.54) is 23.4 Å². The van der Waals surface area contributed by atoms with Gasteiger partial charge in [0.25, 0.3) is 0 Å². The highest BCUT2D eigenvalue weighted by molar-refractivity contribution is 7.98. The Labute approximate surface area is 213 Å². The molecule has 3 N–H and O–H groups in total. The number of nitrogens with zero attached hydrogens (tertiary/aromatic N) is 1. The molecule has 0 fully saturated rings. The number of esters is 1. The van der Waals surface area contributed by atoms with Gasteiger partial charge in [-0.25, -0.2) is 4.79 Å². The third-order valence-electron chi connectivity index (χ3n) is 4.97. The summed E-state index contributed by atoms with van der Waals surface area (Å²) in [5.74, 6) is -1.61. The normalized spacial score (nSPS) is 12.8. The van der Waals surface area contributed by atoms with Gasteiger partial charge in [0.05, 0.1) is 12.6 Å². The lowest BCUT2D eigenvalue weighted by Gasteiger charge is -2.25. The summed E-state index contributed by atoms with van der Waals surface area (Å²) in [5, 5.41) is 8.39. The average Bonchev–Trinajstić information content (AvgIpc) is 3.17. The van der Waals surface area contributed by atoms with Gasteiger partial charge >= 0.3 is 12.1 Å². The van der Waals surface area contributed by atoms with Crippen LogP contribution < -0.4 is 16.0 Å². The van der Waals surface area contributed by atoms with Crippen LogP contribution in [0.3, 0.4) is 0 Å². The highest BCUT2D eigenvalue weighted by atomic mass is 32.2. The van der Waals surface area contributed by atoms with Gasteiger partial charge in [0.1, 0.15) is 24.2 Å². The second-order valence-electron chi connectivity index (χ2n) is 8.90. The molecule has 2 atom stereocenters. The second kappa shape index (κ2) is 13.0. The van der Waals surface area contributed by atoms with Crippen molar-refractivity contribution in [2.45, 2.75) is 44.9 Å². The number of methoxy groups -OCH3 is 1. The number of benzene rings is 1. The maximum absolute atomic E-state index is 13.3. The van der Waals surface area contributed by atoms with Crippen LogP contribution in [0.15, 0.2) is 30.5 Å². The monoisotopic (exact) mass is 520 g/mol. The maximum Gasteiger partial charge on any atom is 0.408 e. The zero-order chi connectivity index (χ0) is 26.9. The lowest BCUT2D eigenvalue weighted by Crippen LogP contribution is -2.56. The number of hydrogen-bond donors (Lipinski definition) is 3. The number of amides is 3. The van der Waals surface area contributed by atoms with Gasteiger partial charge in [-0.05, 0) is 38.7 Å². The lowest BCUT2D eigenvalue weighted by molar-refractivity contribution is -0.141. The summed E-state index contributed by atoms with van der Waals surface area (Å²) in [6.07, 6.45) is 3.23. The molecule has 2 rings (SSSR count). The van der Waals surface area contributed by atoms with Gasteiger partial charge in [-0.2, -0.15) is 11.8 Å². The van der Waals surface area contributed by atoms with Gasteiger partial charge in [0.15, 0.2) is 0 Å². The molecule has 0 aliphatic rings. The molecule has 0 bridgehead atoms. The Balaban J connectivity index is 2.30. The summed E-state index contributed by atoms with van der Waals surface area (Å²) in [5.41, 5.74) is 0.500. The van der Waals surface area contributed by atoms with E-state index in [0.717, 1.165) is 5.39 Å². The van der Waals surface area contributed by atoms with Crippen LogP contribution in [-0.4, -0.2) is 78.2 Å². The smallest absolute Gasteiger partial charge is 0.408 e. The van der Waals surface area contributed by atoms with Gasteiger partial charge in [-0.15, -0.1) is 0 Å².